The van der Waals surface area contributed by atoms with Gasteiger partial charge in [-0.15, -0.1) is 0 Å². The van der Waals surface area contributed by atoms with Crippen molar-refractivity contribution < 1.29 is 9.18 Å². The number of nitrogens with one attached hydrogen (secondary N) is 1. The van der Waals surface area contributed by atoms with E-state index in [0.29, 0.717) is 17.7 Å². The molecule has 0 bridgehead atoms. The van der Waals surface area contributed by atoms with Gasteiger partial charge in [0, 0.05) is 17.7 Å². The molecule has 2 nitrogen and oxygen atoms in total. The zero-order chi connectivity index (χ0) is 11.8. The van der Waals surface area contributed by atoms with Gasteiger partial charge < -0.3 is 5.32 Å². The highest BCUT2D eigenvalue weighted by Gasteiger charge is 2.19. The number of carbonyl (C=O) groups is 1. The summed E-state index contributed by atoms with van der Waals surface area (Å²) in [6.45, 7) is 0.561. The van der Waals surface area contributed by atoms with E-state index in [4.69, 9.17) is 0 Å². The molecule has 0 spiro atoms. The molecule has 1 aliphatic heterocycles. The first-order chi connectivity index (χ1) is 8.25. The predicted molar refractivity (Wildman–Crippen MR) is 63.0 cm³/mol. The van der Waals surface area contributed by atoms with Gasteiger partial charge in [-0.1, -0.05) is 30.3 Å². The third kappa shape index (κ3) is 1.60. The molecule has 0 saturated heterocycles. The molecule has 0 radical (unpaired) electrons. The first-order valence-electron chi connectivity index (χ1n) is 5.42. The molecule has 0 aliphatic carbocycles. The molecule has 2 aromatic carbocycles. The molecule has 17 heavy (non-hydrogen) atoms. The summed E-state index contributed by atoms with van der Waals surface area (Å²) in [6, 6.07) is 12.0. The van der Waals surface area contributed by atoms with E-state index in [9.17, 15) is 9.18 Å². The van der Waals surface area contributed by atoms with Crippen LogP contribution in [0.25, 0.3) is 11.1 Å². The molecule has 3 rings (SSSR count). The fraction of sp³-hybridized carbons (Fsp3) is 0.0714. The molecule has 3 heteroatoms. The average Bonchev–Trinajstić information content (AvgIpc) is 2.71. The van der Waals surface area contributed by atoms with Gasteiger partial charge >= 0.3 is 0 Å². The Kier molecular flexibility index (Phi) is 2.18. The number of fused-ring (bicyclic) bond motifs is 1. The van der Waals surface area contributed by atoms with Crippen molar-refractivity contribution in [3.63, 3.8) is 0 Å². The Morgan fingerprint density at radius 3 is 2.71 bits per heavy atom. The lowest BCUT2D eigenvalue weighted by atomic mass is 10.00. The number of amides is 1. The Morgan fingerprint density at radius 1 is 1.06 bits per heavy atom. The fourth-order valence-electron chi connectivity index (χ4n) is 2.08. The van der Waals surface area contributed by atoms with E-state index < -0.39 is 0 Å². The number of hydrogen-bond donors (Lipinski definition) is 1. The Hall–Kier alpha value is -2.16. The second-order valence-electron chi connectivity index (χ2n) is 4.03. The van der Waals surface area contributed by atoms with E-state index in [-0.39, 0.29) is 11.7 Å². The van der Waals surface area contributed by atoms with E-state index in [2.05, 4.69) is 5.32 Å². The van der Waals surface area contributed by atoms with Crippen molar-refractivity contribution in [3.8, 4) is 11.1 Å². The van der Waals surface area contributed by atoms with Gasteiger partial charge in [0.2, 0.25) is 0 Å². The first-order valence-corrected chi connectivity index (χ1v) is 5.42. The summed E-state index contributed by atoms with van der Waals surface area (Å²) in [4.78, 5) is 11.5. The van der Waals surface area contributed by atoms with Crippen molar-refractivity contribution in [2.45, 2.75) is 6.54 Å². The number of carbonyl (C=O) groups excluding carboxylic acids is 1. The molecule has 84 valence electrons. The topological polar surface area (TPSA) is 29.1 Å². The lowest BCUT2D eigenvalue weighted by molar-refractivity contribution is 0.0966. The molecule has 0 unspecified atom stereocenters. The molecule has 1 N–H and O–H groups in total. The van der Waals surface area contributed by atoms with Gasteiger partial charge in [0.15, 0.2) is 0 Å². The summed E-state index contributed by atoms with van der Waals surface area (Å²) < 4.78 is 13.6. The second kappa shape index (κ2) is 3.70. The highest BCUT2D eigenvalue weighted by Crippen LogP contribution is 2.26. The van der Waals surface area contributed by atoms with Crippen molar-refractivity contribution in [3.05, 3.63) is 59.4 Å². The highest BCUT2D eigenvalue weighted by atomic mass is 19.1. The Balaban J connectivity index is 2.15. The van der Waals surface area contributed by atoms with Crippen LogP contribution < -0.4 is 5.32 Å². The summed E-state index contributed by atoms with van der Waals surface area (Å²) in [5.41, 5.74) is 2.87. The van der Waals surface area contributed by atoms with Crippen molar-refractivity contribution in [1.82, 2.24) is 5.32 Å². The molecule has 2 aromatic rings. The molecule has 1 heterocycles. The summed E-state index contributed by atoms with van der Waals surface area (Å²) in [5, 5.41) is 2.75. The zero-order valence-corrected chi connectivity index (χ0v) is 9.03. The van der Waals surface area contributed by atoms with Crippen LogP contribution in [0.4, 0.5) is 4.39 Å². The van der Waals surface area contributed by atoms with E-state index in [0.717, 1.165) is 11.1 Å². The minimum Gasteiger partial charge on any atom is -0.348 e. The molecule has 0 aromatic heterocycles. The van der Waals surface area contributed by atoms with Crippen LogP contribution in [0.15, 0.2) is 42.5 Å². The Morgan fingerprint density at radius 2 is 1.88 bits per heavy atom. The zero-order valence-electron chi connectivity index (χ0n) is 9.03. The van der Waals surface area contributed by atoms with Crippen molar-refractivity contribution >= 4 is 5.91 Å². The van der Waals surface area contributed by atoms with Crippen LogP contribution in [0.2, 0.25) is 0 Å². The van der Waals surface area contributed by atoms with Gasteiger partial charge in [-0.05, 0) is 23.3 Å². The number of hydrogen-bond acceptors (Lipinski definition) is 1. The fourth-order valence-corrected chi connectivity index (χ4v) is 2.08. The Bertz CT molecular complexity index is 607. The van der Waals surface area contributed by atoms with E-state index in [1.807, 2.05) is 12.1 Å². The second-order valence-corrected chi connectivity index (χ2v) is 4.03. The van der Waals surface area contributed by atoms with Gasteiger partial charge in [-0.3, -0.25) is 4.79 Å². The average molecular weight is 227 g/mol. The third-order valence-corrected chi connectivity index (χ3v) is 2.98. The number of benzene rings is 2. The van der Waals surface area contributed by atoms with Crippen LogP contribution >= 0.6 is 0 Å². The third-order valence-electron chi connectivity index (χ3n) is 2.98. The largest absolute Gasteiger partial charge is 0.348 e. The smallest absolute Gasteiger partial charge is 0.251 e. The predicted octanol–water partition coefficient (Wildman–Crippen LogP) is 2.74. The van der Waals surface area contributed by atoms with E-state index >= 15 is 0 Å². The Labute approximate surface area is 98.1 Å². The van der Waals surface area contributed by atoms with Gasteiger partial charge in [0.05, 0.1) is 0 Å². The molecular weight excluding hydrogens is 217 g/mol. The van der Waals surface area contributed by atoms with Gasteiger partial charge in [0.25, 0.3) is 5.91 Å². The molecule has 0 atom stereocenters. The van der Waals surface area contributed by atoms with Crippen LogP contribution in [-0.2, 0) is 6.54 Å². The number of halogens is 1. The molecule has 0 fully saturated rings. The maximum absolute atomic E-state index is 13.6. The summed E-state index contributed by atoms with van der Waals surface area (Å²) in [5.74, 6) is -0.357. The normalized spacial score (nSPS) is 13.4. The maximum atomic E-state index is 13.6. The summed E-state index contributed by atoms with van der Waals surface area (Å²) >= 11 is 0. The SMILES string of the molecule is O=C1NCc2ccc(-c3ccccc3F)cc21. The minimum absolute atomic E-state index is 0.0850. The molecule has 0 saturated carbocycles. The summed E-state index contributed by atoms with van der Waals surface area (Å²) in [6.07, 6.45) is 0. The monoisotopic (exact) mass is 227 g/mol. The standard InChI is InChI=1S/C14H10FNO/c15-13-4-2-1-3-11(13)9-5-6-10-8-16-14(17)12(10)7-9/h1-7H,8H2,(H,16,17). The van der Waals surface area contributed by atoms with E-state index in [1.54, 1.807) is 24.3 Å². The van der Waals surface area contributed by atoms with Crippen LogP contribution in [0.3, 0.4) is 0 Å². The van der Waals surface area contributed by atoms with Crippen LogP contribution in [0.1, 0.15) is 15.9 Å². The minimum atomic E-state index is -0.272. The van der Waals surface area contributed by atoms with Crippen LogP contribution in [0.5, 0.6) is 0 Å². The van der Waals surface area contributed by atoms with Crippen LogP contribution in [0, 0.1) is 5.82 Å². The lowest BCUT2D eigenvalue weighted by Gasteiger charge is -2.04. The van der Waals surface area contributed by atoms with Crippen molar-refractivity contribution in [2.75, 3.05) is 0 Å². The molecule has 1 amide bonds. The van der Waals surface area contributed by atoms with Gasteiger partial charge in [-0.2, -0.15) is 0 Å². The van der Waals surface area contributed by atoms with E-state index in [1.165, 1.54) is 6.07 Å². The van der Waals surface area contributed by atoms with Gasteiger partial charge in [0.1, 0.15) is 5.82 Å². The van der Waals surface area contributed by atoms with Crippen molar-refractivity contribution in [2.24, 2.45) is 0 Å². The maximum Gasteiger partial charge on any atom is 0.251 e. The quantitative estimate of drug-likeness (QED) is 0.797. The van der Waals surface area contributed by atoms with Crippen molar-refractivity contribution in [1.29, 1.82) is 0 Å². The van der Waals surface area contributed by atoms with Gasteiger partial charge in [-0.25, -0.2) is 4.39 Å². The molecular formula is C14H10FNO. The highest BCUT2D eigenvalue weighted by molar-refractivity contribution is 5.99. The lowest BCUT2D eigenvalue weighted by Crippen LogP contribution is -2.12. The summed E-state index contributed by atoms with van der Waals surface area (Å²) in [7, 11) is 0. The number of rotatable bonds is 1. The molecule has 1 aliphatic rings. The first kappa shape index (κ1) is 10.0. The van der Waals surface area contributed by atoms with Crippen LogP contribution in [-0.4, -0.2) is 5.91 Å².